The van der Waals surface area contributed by atoms with Gasteiger partial charge in [-0.1, -0.05) is 78.6 Å². The summed E-state index contributed by atoms with van der Waals surface area (Å²) in [5.41, 5.74) is 0. The Morgan fingerprint density at radius 1 is 0.842 bits per heavy atom. The van der Waals surface area contributed by atoms with Gasteiger partial charge in [-0.2, -0.15) is 0 Å². The van der Waals surface area contributed by atoms with Crippen molar-refractivity contribution in [3.8, 4) is 0 Å². The maximum absolute atomic E-state index is 11.5. The Bertz CT molecular complexity index is 213. The van der Waals surface area contributed by atoms with Crippen LogP contribution in [0.3, 0.4) is 0 Å². The molecule has 0 heterocycles. The van der Waals surface area contributed by atoms with Crippen LogP contribution < -0.4 is 0 Å². The molecule has 0 bridgehead atoms. The SMILES string of the molecule is CCCCCCCC(C(=O)O)C(CC)CCCCC. The predicted octanol–water partition coefficient (Wildman–Crippen LogP) is 5.65. The minimum absolute atomic E-state index is 0.108. The number of rotatable bonds is 13. The van der Waals surface area contributed by atoms with Gasteiger partial charge in [0.25, 0.3) is 0 Å². The van der Waals surface area contributed by atoms with E-state index in [0.29, 0.717) is 5.92 Å². The molecular formula is C17H34O2. The van der Waals surface area contributed by atoms with Crippen molar-refractivity contribution in [1.82, 2.24) is 0 Å². The highest BCUT2D eigenvalue weighted by Gasteiger charge is 2.25. The molecule has 1 N–H and O–H groups in total. The third-order valence-electron chi connectivity index (χ3n) is 4.21. The molecule has 0 rings (SSSR count). The molecule has 2 heteroatoms. The van der Waals surface area contributed by atoms with Crippen molar-refractivity contribution in [3.05, 3.63) is 0 Å². The first kappa shape index (κ1) is 18.5. The maximum Gasteiger partial charge on any atom is 0.306 e. The van der Waals surface area contributed by atoms with Crippen LogP contribution in [-0.4, -0.2) is 11.1 Å². The lowest BCUT2D eigenvalue weighted by Crippen LogP contribution is -2.23. The van der Waals surface area contributed by atoms with E-state index in [-0.39, 0.29) is 5.92 Å². The number of hydrogen-bond donors (Lipinski definition) is 1. The van der Waals surface area contributed by atoms with E-state index in [4.69, 9.17) is 0 Å². The summed E-state index contributed by atoms with van der Waals surface area (Å²) in [6, 6.07) is 0. The lowest BCUT2D eigenvalue weighted by atomic mass is 9.82. The number of carbonyl (C=O) groups is 1. The first-order valence-electron chi connectivity index (χ1n) is 8.40. The largest absolute Gasteiger partial charge is 0.481 e. The average molecular weight is 270 g/mol. The van der Waals surface area contributed by atoms with Crippen LogP contribution in [0.4, 0.5) is 0 Å². The van der Waals surface area contributed by atoms with E-state index in [1.54, 1.807) is 0 Å². The monoisotopic (exact) mass is 270 g/mol. The second-order valence-electron chi connectivity index (χ2n) is 5.81. The van der Waals surface area contributed by atoms with Crippen LogP contribution in [0.1, 0.15) is 91.4 Å². The van der Waals surface area contributed by atoms with E-state index in [0.717, 1.165) is 25.7 Å². The van der Waals surface area contributed by atoms with Crippen molar-refractivity contribution >= 4 is 5.97 Å². The zero-order chi connectivity index (χ0) is 14.5. The van der Waals surface area contributed by atoms with Crippen LogP contribution in [-0.2, 0) is 4.79 Å². The Kier molecular flexibility index (Phi) is 12.2. The molecular weight excluding hydrogens is 236 g/mol. The number of hydrogen-bond acceptors (Lipinski definition) is 1. The maximum atomic E-state index is 11.5. The molecule has 0 aromatic heterocycles. The standard InChI is InChI=1S/C17H34O2/c1-4-7-9-10-12-14-16(17(18)19)15(6-3)13-11-8-5-2/h15-16H,4-14H2,1-3H3,(H,18,19). The lowest BCUT2D eigenvalue weighted by molar-refractivity contribution is -0.144. The van der Waals surface area contributed by atoms with E-state index in [2.05, 4.69) is 20.8 Å². The minimum atomic E-state index is -0.571. The van der Waals surface area contributed by atoms with Gasteiger partial charge in [0.2, 0.25) is 0 Å². The topological polar surface area (TPSA) is 37.3 Å². The Balaban J connectivity index is 4.07. The fourth-order valence-corrected chi connectivity index (χ4v) is 2.87. The average Bonchev–Trinajstić information content (AvgIpc) is 2.40. The van der Waals surface area contributed by atoms with Crippen molar-refractivity contribution < 1.29 is 9.90 Å². The molecule has 0 aromatic rings. The Labute approximate surface area is 120 Å². The van der Waals surface area contributed by atoms with Crippen molar-refractivity contribution in [1.29, 1.82) is 0 Å². The van der Waals surface area contributed by atoms with Gasteiger partial charge >= 0.3 is 5.97 Å². The van der Waals surface area contributed by atoms with Gasteiger partial charge in [0.15, 0.2) is 0 Å². The molecule has 19 heavy (non-hydrogen) atoms. The summed E-state index contributed by atoms with van der Waals surface area (Å²) < 4.78 is 0. The highest BCUT2D eigenvalue weighted by Crippen LogP contribution is 2.27. The molecule has 0 aliphatic rings. The summed E-state index contributed by atoms with van der Waals surface area (Å²) >= 11 is 0. The van der Waals surface area contributed by atoms with Gasteiger partial charge in [0, 0.05) is 0 Å². The zero-order valence-corrected chi connectivity index (χ0v) is 13.3. The molecule has 0 aliphatic heterocycles. The van der Waals surface area contributed by atoms with Crippen molar-refractivity contribution in [3.63, 3.8) is 0 Å². The summed E-state index contributed by atoms with van der Waals surface area (Å²) in [5.74, 6) is -0.294. The van der Waals surface area contributed by atoms with Crippen molar-refractivity contribution in [2.24, 2.45) is 11.8 Å². The lowest BCUT2D eigenvalue weighted by Gasteiger charge is -2.22. The van der Waals surface area contributed by atoms with Crippen LogP contribution in [0, 0.1) is 11.8 Å². The van der Waals surface area contributed by atoms with Gasteiger partial charge in [-0.15, -0.1) is 0 Å². The Morgan fingerprint density at radius 2 is 1.37 bits per heavy atom. The Morgan fingerprint density at radius 3 is 1.89 bits per heavy atom. The van der Waals surface area contributed by atoms with Crippen molar-refractivity contribution in [2.45, 2.75) is 91.4 Å². The predicted molar refractivity (Wildman–Crippen MR) is 82.4 cm³/mol. The second kappa shape index (κ2) is 12.5. The quantitative estimate of drug-likeness (QED) is 0.439. The Hall–Kier alpha value is -0.530. The van der Waals surface area contributed by atoms with Gasteiger partial charge < -0.3 is 5.11 Å². The van der Waals surface area contributed by atoms with Crippen molar-refractivity contribution in [2.75, 3.05) is 0 Å². The molecule has 2 atom stereocenters. The highest BCUT2D eigenvalue weighted by atomic mass is 16.4. The molecule has 114 valence electrons. The fraction of sp³-hybridized carbons (Fsp3) is 0.941. The third-order valence-corrected chi connectivity index (χ3v) is 4.21. The summed E-state index contributed by atoms with van der Waals surface area (Å²) in [6.07, 6.45) is 12.7. The highest BCUT2D eigenvalue weighted by molar-refractivity contribution is 5.70. The van der Waals surface area contributed by atoms with Gasteiger partial charge in [-0.05, 0) is 18.8 Å². The van der Waals surface area contributed by atoms with E-state index in [1.165, 1.54) is 44.9 Å². The smallest absolute Gasteiger partial charge is 0.306 e. The molecule has 0 aliphatic carbocycles. The number of carboxylic acids is 1. The molecule has 0 spiro atoms. The molecule has 0 saturated heterocycles. The van der Waals surface area contributed by atoms with E-state index >= 15 is 0 Å². The van der Waals surface area contributed by atoms with E-state index in [1.807, 2.05) is 0 Å². The van der Waals surface area contributed by atoms with Crippen LogP contribution in [0.15, 0.2) is 0 Å². The molecule has 0 fully saturated rings. The first-order chi connectivity index (χ1) is 9.17. The number of aliphatic carboxylic acids is 1. The van der Waals surface area contributed by atoms with Gasteiger partial charge in [-0.25, -0.2) is 0 Å². The van der Waals surface area contributed by atoms with Gasteiger partial charge in [0.05, 0.1) is 5.92 Å². The van der Waals surface area contributed by atoms with Crippen LogP contribution in [0.2, 0.25) is 0 Å². The van der Waals surface area contributed by atoms with Crippen LogP contribution in [0.25, 0.3) is 0 Å². The zero-order valence-electron chi connectivity index (χ0n) is 13.3. The van der Waals surface area contributed by atoms with Gasteiger partial charge in [-0.3, -0.25) is 4.79 Å². The molecule has 0 aromatic carbocycles. The van der Waals surface area contributed by atoms with E-state index < -0.39 is 5.97 Å². The molecule has 2 unspecified atom stereocenters. The summed E-state index contributed by atoms with van der Waals surface area (Å²) in [4.78, 5) is 11.5. The summed E-state index contributed by atoms with van der Waals surface area (Å²) in [7, 11) is 0. The van der Waals surface area contributed by atoms with E-state index in [9.17, 15) is 9.90 Å². The second-order valence-corrected chi connectivity index (χ2v) is 5.81. The third kappa shape index (κ3) is 9.07. The van der Waals surface area contributed by atoms with Crippen LogP contribution >= 0.6 is 0 Å². The first-order valence-corrected chi connectivity index (χ1v) is 8.40. The summed E-state index contributed by atoms with van der Waals surface area (Å²) in [5, 5.41) is 9.43. The normalized spacial score (nSPS) is 14.3. The molecule has 0 amide bonds. The molecule has 0 saturated carbocycles. The summed E-state index contributed by atoms with van der Waals surface area (Å²) in [6.45, 7) is 6.55. The number of unbranched alkanes of at least 4 members (excludes halogenated alkanes) is 6. The number of carboxylic acid groups (broad SMARTS) is 1. The fourth-order valence-electron chi connectivity index (χ4n) is 2.87. The molecule has 2 nitrogen and oxygen atoms in total. The minimum Gasteiger partial charge on any atom is -0.481 e. The molecule has 0 radical (unpaired) electrons. The van der Waals surface area contributed by atoms with Gasteiger partial charge in [0.1, 0.15) is 0 Å². The van der Waals surface area contributed by atoms with Crippen LogP contribution in [0.5, 0.6) is 0 Å².